The van der Waals surface area contributed by atoms with Crippen LogP contribution in [0.4, 0.5) is 11.4 Å². The Labute approximate surface area is 238 Å². The van der Waals surface area contributed by atoms with Crippen LogP contribution in [0.2, 0.25) is 10.0 Å². The molecule has 1 N–H and O–H groups in total. The number of aryl methyl sites for hydroxylation is 1. The molecule has 2 aromatic carbocycles. The fourth-order valence-electron chi connectivity index (χ4n) is 4.72. The Hall–Kier alpha value is -2.89. The maximum Gasteiger partial charge on any atom is 0.271 e. The number of non-ortho nitro benzene ring substituents is 1. The van der Waals surface area contributed by atoms with Crippen LogP contribution in [-0.4, -0.2) is 54.9 Å². The molecule has 0 spiro atoms. The predicted octanol–water partition coefficient (Wildman–Crippen LogP) is 4.84. The lowest BCUT2D eigenvalue weighted by Gasteiger charge is -2.34. The van der Waals surface area contributed by atoms with Crippen LogP contribution in [0.25, 0.3) is 0 Å². The molecule has 0 aliphatic heterocycles. The third-order valence-corrected chi connectivity index (χ3v) is 8.66. The largest absolute Gasteiger partial charge is 0.352 e. The van der Waals surface area contributed by atoms with Crippen molar-refractivity contribution in [2.45, 2.75) is 64.6 Å². The van der Waals surface area contributed by atoms with Crippen molar-refractivity contribution in [3.8, 4) is 0 Å². The Balaban J connectivity index is 2.03. The van der Waals surface area contributed by atoms with Gasteiger partial charge in [0.15, 0.2) is 0 Å². The van der Waals surface area contributed by atoms with Gasteiger partial charge in [-0.25, -0.2) is 8.42 Å². The summed E-state index contributed by atoms with van der Waals surface area (Å²) >= 11 is 12.8. The van der Waals surface area contributed by atoms with Gasteiger partial charge in [-0.15, -0.1) is 0 Å². The molecule has 2 aromatic rings. The third-order valence-electron chi connectivity index (χ3n) is 6.83. The van der Waals surface area contributed by atoms with E-state index in [0.717, 1.165) is 42.3 Å². The van der Waals surface area contributed by atoms with Gasteiger partial charge in [0.1, 0.15) is 12.6 Å². The summed E-state index contributed by atoms with van der Waals surface area (Å²) < 4.78 is 26.5. The van der Waals surface area contributed by atoms with Gasteiger partial charge < -0.3 is 10.2 Å². The maximum absolute atomic E-state index is 13.9. The van der Waals surface area contributed by atoms with E-state index in [2.05, 4.69) is 5.32 Å². The topological polar surface area (TPSA) is 130 Å². The standard InChI is InChI=1S/C26H32Cl2N4O6S/c1-4-23(26(34)29-18-8-5-6-9-18)30(15-20-21(27)10-7-11-22(20)28)25(33)16-31(39(3,37)38)24-14-19(32(35)36)13-12-17(24)2/h7,10-14,18,23H,4-6,8-9,15-16H2,1-3H3,(H,29,34). The molecule has 13 heteroatoms. The van der Waals surface area contributed by atoms with E-state index in [1.54, 1.807) is 32.0 Å². The molecule has 0 radical (unpaired) electrons. The number of sulfonamides is 1. The van der Waals surface area contributed by atoms with Gasteiger partial charge in [0.05, 0.1) is 16.9 Å². The van der Waals surface area contributed by atoms with E-state index in [4.69, 9.17) is 23.2 Å². The van der Waals surface area contributed by atoms with Crippen molar-refractivity contribution in [1.82, 2.24) is 10.2 Å². The Morgan fingerprint density at radius 2 is 1.77 bits per heavy atom. The van der Waals surface area contributed by atoms with Crippen LogP contribution in [-0.2, 0) is 26.2 Å². The summed E-state index contributed by atoms with van der Waals surface area (Å²) in [4.78, 5) is 39.3. The van der Waals surface area contributed by atoms with Gasteiger partial charge in [0.25, 0.3) is 5.69 Å². The molecule has 0 heterocycles. The minimum Gasteiger partial charge on any atom is -0.352 e. The molecule has 0 saturated heterocycles. The van der Waals surface area contributed by atoms with Gasteiger partial charge in [0.2, 0.25) is 21.8 Å². The molecule has 1 atom stereocenters. The first-order chi connectivity index (χ1) is 18.3. The highest BCUT2D eigenvalue weighted by atomic mass is 35.5. The van der Waals surface area contributed by atoms with Gasteiger partial charge in [-0.3, -0.25) is 24.0 Å². The molecule has 0 bridgehead atoms. The number of halogens is 2. The fourth-order valence-corrected chi connectivity index (χ4v) is 6.13. The molecule has 1 aliphatic rings. The van der Waals surface area contributed by atoms with E-state index in [1.807, 2.05) is 0 Å². The van der Waals surface area contributed by atoms with E-state index in [-0.39, 0.29) is 36.3 Å². The van der Waals surface area contributed by atoms with Gasteiger partial charge in [-0.05, 0) is 43.9 Å². The summed E-state index contributed by atoms with van der Waals surface area (Å²) in [5.41, 5.74) is 0.516. The summed E-state index contributed by atoms with van der Waals surface area (Å²) in [6.45, 7) is 2.52. The van der Waals surface area contributed by atoms with Crippen molar-refractivity contribution in [2.24, 2.45) is 0 Å². The van der Waals surface area contributed by atoms with Crippen molar-refractivity contribution >= 4 is 56.4 Å². The number of hydrogen-bond donors (Lipinski definition) is 1. The second-order valence-corrected chi connectivity index (χ2v) is 12.4. The van der Waals surface area contributed by atoms with Crippen molar-refractivity contribution in [3.05, 3.63) is 67.7 Å². The normalized spacial score (nSPS) is 14.6. The van der Waals surface area contributed by atoms with Crippen molar-refractivity contribution in [1.29, 1.82) is 0 Å². The first-order valence-corrected chi connectivity index (χ1v) is 15.2. The van der Waals surface area contributed by atoms with Crippen LogP contribution >= 0.6 is 23.2 Å². The monoisotopic (exact) mass is 598 g/mol. The SMILES string of the molecule is CCC(C(=O)NC1CCCC1)N(Cc1c(Cl)cccc1Cl)C(=O)CN(c1cc([N+](=O)[O-])ccc1C)S(C)(=O)=O. The zero-order valence-corrected chi connectivity index (χ0v) is 24.4. The Bertz CT molecular complexity index is 1330. The first-order valence-electron chi connectivity index (χ1n) is 12.6. The lowest BCUT2D eigenvalue weighted by atomic mass is 10.1. The number of nitro groups is 1. The number of nitrogens with zero attached hydrogens (tertiary/aromatic N) is 3. The van der Waals surface area contributed by atoms with Crippen molar-refractivity contribution in [3.63, 3.8) is 0 Å². The lowest BCUT2D eigenvalue weighted by Crippen LogP contribution is -2.53. The van der Waals surface area contributed by atoms with Crippen LogP contribution in [0.15, 0.2) is 36.4 Å². The first kappa shape index (κ1) is 30.6. The second-order valence-electron chi connectivity index (χ2n) is 9.63. The number of carbonyl (C=O) groups is 2. The van der Waals surface area contributed by atoms with Gasteiger partial charge >= 0.3 is 0 Å². The fraction of sp³-hybridized carbons (Fsp3) is 0.462. The molecule has 1 fully saturated rings. The minimum absolute atomic E-state index is 0.000712. The summed E-state index contributed by atoms with van der Waals surface area (Å²) in [5, 5.41) is 15.0. The van der Waals surface area contributed by atoms with E-state index >= 15 is 0 Å². The second kappa shape index (κ2) is 13.0. The molecule has 1 saturated carbocycles. The third kappa shape index (κ3) is 7.61. The van der Waals surface area contributed by atoms with Gasteiger partial charge in [0, 0.05) is 40.3 Å². The number of hydrogen-bond acceptors (Lipinski definition) is 6. The summed E-state index contributed by atoms with van der Waals surface area (Å²) in [6.07, 6.45) is 4.87. The van der Waals surface area contributed by atoms with Crippen LogP contribution < -0.4 is 9.62 Å². The van der Waals surface area contributed by atoms with Crippen LogP contribution in [0.1, 0.15) is 50.2 Å². The Morgan fingerprint density at radius 1 is 1.15 bits per heavy atom. The number of amides is 2. The number of carbonyl (C=O) groups excluding carboxylic acids is 2. The quantitative estimate of drug-likeness (QED) is 0.291. The zero-order valence-electron chi connectivity index (χ0n) is 22.0. The molecule has 1 unspecified atom stereocenters. The smallest absolute Gasteiger partial charge is 0.271 e. The molecule has 2 amide bonds. The molecular formula is C26H32Cl2N4O6S. The van der Waals surface area contributed by atoms with E-state index in [0.29, 0.717) is 21.2 Å². The lowest BCUT2D eigenvalue weighted by molar-refractivity contribution is -0.384. The highest BCUT2D eigenvalue weighted by Gasteiger charge is 2.34. The molecule has 10 nitrogen and oxygen atoms in total. The van der Waals surface area contributed by atoms with Crippen LogP contribution in [0.5, 0.6) is 0 Å². The summed E-state index contributed by atoms with van der Waals surface area (Å²) in [6, 6.07) is 7.74. The van der Waals surface area contributed by atoms with Crippen molar-refractivity contribution < 1.29 is 22.9 Å². The molecular weight excluding hydrogens is 567 g/mol. The van der Waals surface area contributed by atoms with Gasteiger partial charge in [-0.1, -0.05) is 55.1 Å². The molecule has 0 aromatic heterocycles. The number of rotatable bonds is 11. The highest BCUT2D eigenvalue weighted by Crippen LogP contribution is 2.30. The molecule has 3 rings (SSSR count). The van der Waals surface area contributed by atoms with Crippen LogP contribution in [0.3, 0.4) is 0 Å². The number of anilines is 1. The summed E-state index contributed by atoms with van der Waals surface area (Å²) in [5.74, 6) is -1.03. The van der Waals surface area contributed by atoms with Crippen LogP contribution in [0, 0.1) is 17.0 Å². The van der Waals surface area contributed by atoms with Crippen molar-refractivity contribution in [2.75, 3.05) is 17.1 Å². The minimum atomic E-state index is -4.06. The number of benzene rings is 2. The average Bonchev–Trinajstić information content (AvgIpc) is 3.36. The van der Waals surface area contributed by atoms with Gasteiger partial charge in [-0.2, -0.15) is 0 Å². The maximum atomic E-state index is 13.9. The Kier molecular flexibility index (Phi) is 10.2. The Morgan fingerprint density at radius 3 is 2.31 bits per heavy atom. The molecule has 1 aliphatic carbocycles. The zero-order chi connectivity index (χ0) is 28.9. The number of nitro benzene ring substituents is 1. The van der Waals surface area contributed by atoms with E-state index < -0.39 is 33.4 Å². The summed E-state index contributed by atoms with van der Waals surface area (Å²) in [7, 11) is -4.06. The predicted molar refractivity (Wildman–Crippen MR) is 152 cm³/mol. The number of nitrogens with one attached hydrogen (secondary N) is 1. The van der Waals surface area contributed by atoms with E-state index in [9.17, 15) is 28.1 Å². The molecule has 212 valence electrons. The highest BCUT2D eigenvalue weighted by molar-refractivity contribution is 7.92. The average molecular weight is 600 g/mol. The molecule has 39 heavy (non-hydrogen) atoms. The van der Waals surface area contributed by atoms with E-state index in [1.165, 1.54) is 17.0 Å².